The van der Waals surface area contributed by atoms with Gasteiger partial charge in [0, 0.05) is 25.6 Å². The maximum Gasteiger partial charge on any atom is 0.135 e. The van der Waals surface area contributed by atoms with Crippen LogP contribution >= 0.6 is 0 Å². The Hall–Kier alpha value is -1.12. The van der Waals surface area contributed by atoms with E-state index in [-0.39, 0.29) is 0 Å². The van der Waals surface area contributed by atoms with Crippen molar-refractivity contribution in [2.75, 3.05) is 0 Å². The molecule has 1 saturated carbocycles. The zero-order valence-electron chi connectivity index (χ0n) is 9.28. The molecule has 0 saturated heterocycles. The van der Waals surface area contributed by atoms with Crippen molar-refractivity contribution in [2.45, 2.75) is 38.5 Å². The van der Waals surface area contributed by atoms with Crippen LogP contribution < -0.4 is 0 Å². The summed E-state index contributed by atoms with van der Waals surface area (Å²) in [6, 6.07) is 0. The molecule has 2 rings (SSSR count). The van der Waals surface area contributed by atoms with Crippen LogP contribution in [-0.4, -0.2) is 15.6 Å². The summed E-state index contributed by atoms with van der Waals surface area (Å²) in [7, 11) is 1.93. The van der Waals surface area contributed by atoms with Crippen molar-refractivity contribution in [3.63, 3.8) is 0 Å². The van der Waals surface area contributed by atoms with Gasteiger partial charge in [0.1, 0.15) is 5.78 Å². The number of rotatable bonds is 6. The number of aryl methyl sites for hydroxylation is 2. The van der Waals surface area contributed by atoms with Gasteiger partial charge in [0.2, 0.25) is 0 Å². The molecule has 1 heterocycles. The molecular formula is C12H18N2O. The lowest BCUT2D eigenvalue weighted by Crippen LogP contribution is -1.99. The fourth-order valence-corrected chi connectivity index (χ4v) is 1.84. The van der Waals surface area contributed by atoms with Gasteiger partial charge >= 0.3 is 0 Å². The Morgan fingerprint density at radius 1 is 1.53 bits per heavy atom. The first-order valence-corrected chi connectivity index (χ1v) is 5.76. The van der Waals surface area contributed by atoms with Gasteiger partial charge in [-0.3, -0.25) is 9.48 Å². The SMILES string of the molecule is Cn1cc(CCCCC(=O)C2CC2)cn1. The number of hydrogen-bond acceptors (Lipinski definition) is 2. The Morgan fingerprint density at radius 3 is 2.93 bits per heavy atom. The summed E-state index contributed by atoms with van der Waals surface area (Å²) in [5.74, 6) is 0.921. The van der Waals surface area contributed by atoms with Crippen LogP contribution in [0.15, 0.2) is 12.4 Å². The van der Waals surface area contributed by atoms with E-state index in [2.05, 4.69) is 5.10 Å². The Bertz CT molecular complexity index is 339. The van der Waals surface area contributed by atoms with Gasteiger partial charge in [-0.1, -0.05) is 0 Å². The number of nitrogens with zero attached hydrogens (tertiary/aromatic N) is 2. The zero-order chi connectivity index (χ0) is 10.7. The highest BCUT2D eigenvalue weighted by Gasteiger charge is 2.28. The van der Waals surface area contributed by atoms with Crippen LogP contribution in [0.5, 0.6) is 0 Å². The Labute approximate surface area is 90.5 Å². The smallest absolute Gasteiger partial charge is 0.135 e. The highest BCUT2D eigenvalue weighted by molar-refractivity contribution is 5.82. The molecule has 0 aromatic carbocycles. The molecule has 1 aliphatic carbocycles. The third-order valence-corrected chi connectivity index (χ3v) is 2.93. The Balaban J connectivity index is 1.60. The lowest BCUT2D eigenvalue weighted by atomic mass is 10.1. The molecule has 0 aliphatic heterocycles. The van der Waals surface area contributed by atoms with Crippen LogP contribution in [0.2, 0.25) is 0 Å². The van der Waals surface area contributed by atoms with Gasteiger partial charge < -0.3 is 0 Å². The van der Waals surface area contributed by atoms with Crippen LogP contribution in [0, 0.1) is 5.92 Å². The molecule has 15 heavy (non-hydrogen) atoms. The van der Waals surface area contributed by atoms with Gasteiger partial charge in [0.15, 0.2) is 0 Å². The molecule has 3 heteroatoms. The third kappa shape index (κ3) is 3.18. The molecule has 0 bridgehead atoms. The first-order chi connectivity index (χ1) is 7.25. The van der Waals surface area contributed by atoms with Crippen LogP contribution in [0.1, 0.15) is 37.7 Å². The molecule has 1 fully saturated rings. The van der Waals surface area contributed by atoms with Crippen LogP contribution in [0.4, 0.5) is 0 Å². The van der Waals surface area contributed by atoms with Gasteiger partial charge in [-0.15, -0.1) is 0 Å². The van der Waals surface area contributed by atoms with Gasteiger partial charge in [0.05, 0.1) is 6.20 Å². The number of Topliss-reactive ketones (excluding diaryl/α,β-unsaturated/α-hetero) is 1. The molecule has 1 aliphatic rings. The predicted octanol–water partition coefficient (Wildman–Crippen LogP) is 2.11. The summed E-state index contributed by atoms with van der Waals surface area (Å²) in [6.07, 6.45) is 10.2. The summed E-state index contributed by atoms with van der Waals surface area (Å²) in [5, 5.41) is 4.12. The van der Waals surface area contributed by atoms with Crippen molar-refractivity contribution < 1.29 is 4.79 Å². The molecule has 1 aromatic heterocycles. The Morgan fingerprint density at radius 2 is 2.33 bits per heavy atom. The quantitative estimate of drug-likeness (QED) is 0.668. The van der Waals surface area contributed by atoms with E-state index in [0.29, 0.717) is 11.7 Å². The highest BCUT2D eigenvalue weighted by atomic mass is 16.1. The first-order valence-electron chi connectivity index (χ1n) is 5.76. The topological polar surface area (TPSA) is 34.9 Å². The number of carbonyl (C=O) groups excluding carboxylic acids is 1. The van der Waals surface area contributed by atoms with Gasteiger partial charge in [0.25, 0.3) is 0 Å². The molecule has 0 N–H and O–H groups in total. The molecule has 0 radical (unpaired) electrons. The van der Waals surface area contributed by atoms with E-state index in [0.717, 1.165) is 38.5 Å². The van der Waals surface area contributed by atoms with Gasteiger partial charge in [-0.05, 0) is 37.7 Å². The van der Waals surface area contributed by atoms with Crippen molar-refractivity contribution in [1.82, 2.24) is 9.78 Å². The van der Waals surface area contributed by atoms with E-state index in [1.165, 1.54) is 5.56 Å². The number of carbonyl (C=O) groups is 1. The second-order valence-corrected chi connectivity index (χ2v) is 4.47. The molecule has 0 spiro atoms. The zero-order valence-corrected chi connectivity index (χ0v) is 9.28. The van der Waals surface area contributed by atoms with Crippen molar-refractivity contribution in [2.24, 2.45) is 13.0 Å². The number of ketones is 1. The van der Waals surface area contributed by atoms with Crippen molar-refractivity contribution in [3.05, 3.63) is 18.0 Å². The summed E-state index contributed by atoms with van der Waals surface area (Å²) in [4.78, 5) is 11.4. The number of unbranched alkanes of at least 4 members (excludes halogenated alkanes) is 1. The molecule has 1 aromatic rings. The number of hydrogen-bond donors (Lipinski definition) is 0. The maximum absolute atomic E-state index is 11.4. The Kier molecular flexibility index (Phi) is 3.19. The normalized spacial score (nSPS) is 15.5. The van der Waals surface area contributed by atoms with Crippen LogP contribution in [0.25, 0.3) is 0 Å². The monoisotopic (exact) mass is 206 g/mol. The lowest BCUT2D eigenvalue weighted by molar-refractivity contribution is -0.120. The minimum atomic E-state index is 0.434. The highest BCUT2D eigenvalue weighted by Crippen LogP contribution is 2.31. The summed E-state index contributed by atoms with van der Waals surface area (Å²) in [6.45, 7) is 0. The summed E-state index contributed by atoms with van der Waals surface area (Å²) in [5.41, 5.74) is 1.27. The van der Waals surface area contributed by atoms with Gasteiger partial charge in [-0.25, -0.2) is 0 Å². The van der Waals surface area contributed by atoms with E-state index in [9.17, 15) is 4.79 Å². The fraction of sp³-hybridized carbons (Fsp3) is 0.667. The van der Waals surface area contributed by atoms with E-state index in [1.54, 1.807) is 0 Å². The first kappa shape index (κ1) is 10.4. The molecule has 3 nitrogen and oxygen atoms in total. The number of aromatic nitrogens is 2. The summed E-state index contributed by atoms with van der Waals surface area (Å²) >= 11 is 0. The van der Waals surface area contributed by atoms with E-state index >= 15 is 0 Å². The molecule has 0 unspecified atom stereocenters. The lowest BCUT2D eigenvalue weighted by Gasteiger charge is -1.98. The maximum atomic E-state index is 11.4. The minimum absolute atomic E-state index is 0.434. The molecule has 0 atom stereocenters. The van der Waals surface area contributed by atoms with Crippen LogP contribution in [-0.2, 0) is 18.3 Å². The molecule has 0 amide bonds. The molecule has 82 valence electrons. The van der Waals surface area contributed by atoms with Gasteiger partial charge in [-0.2, -0.15) is 5.10 Å². The summed E-state index contributed by atoms with van der Waals surface area (Å²) < 4.78 is 1.82. The van der Waals surface area contributed by atoms with Crippen molar-refractivity contribution in [1.29, 1.82) is 0 Å². The average molecular weight is 206 g/mol. The van der Waals surface area contributed by atoms with Crippen molar-refractivity contribution in [3.8, 4) is 0 Å². The molecular weight excluding hydrogens is 188 g/mol. The van der Waals surface area contributed by atoms with E-state index < -0.39 is 0 Å². The van der Waals surface area contributed by atoms with E-state index in [4.69, 9.17) is 0 Å². The second kappa shape index (κ2) is 4.60. The second-order valence-electron chi connectivity index (χ2n) is 4.47. The standard InChI is InChI=1S/C12H18N2O/c1-14-9-10(8-13-14)4-2-3-5-12(15)11-6-7-11/h8-9,11H,2-7H2,1H3. The minimum Gasteiger partial charge on any atom is -0.299 e. The fourth-order valence-electron chi connectivity index (χ4n) is 1.84. The third-order valence-electron chi connectivity index (χ3n) is 2.93. The largest absolute Gasteiger partial charge is 0.299 e. The predicted molar refractivity (Wildman–Crippen MR) is 58.5 cm³/mol. The van der Waals surface area contributed by atoms with E-state index in [1.807, 2.05) is 24.1 Å². The van der Waals surface area contributed by atoms with Crippen LogP contribution in [0.3, 0.4) is 0 Å². The van der Waals surface area contributed by atoms with Crippen molar-refractivity contribution >= 4 is 5.78 Å². The average Bonchev–Trinajstić information content (AvgIpc) is 2.98.